The number of ether oxygens (including phenoxy) is 2. The van der Waals surface area contributed by atoms with Gasteiger partial charge in [0.05, 0.1) is 39.3 Å². The van der Waals surface area contributed by atoms with E-state index in [2.05, 4.69) is 15.6 Å². The lowest BCUT2D eigenvalue weighted by molar-refractivity contribution is -0.120. The predicted octanol–water partition coefficient (Wildman–Crippen LogP) is 2.77. The van der Waals surface area contributed by atoms with E-state index in [0.29, 0.717) is 32.8 Å². The Hall–Kier alpha value is -3.33. The zero-order valence-electron chi connectivity index (χ0n) is 16.3. The molecule has 3 rings (SSSR count). The number of hydrogen-bond donors (Lipinski definition) is 2. The summed E-state index contributed by atoms with van der Waals surface area (Å²) < 4.78 is 15.7. The first-order valence-corrected chi connectivity index (χ1v) is 9.60. The average molecular weight is 415 g/mol. The lowest BCUT2D eigenvalue weighted by Crippen LogP contribution is -2.36. The first kappa shape index (κ1) is 20.4. The van der Waals surface area contributed by atoms with Gasteiger partial charge in [0.25, 0.3) is 5.91 Å². The van der Waals surface area contributed by atoms with Crippen molar-refractivity contribution >= 4 is 23.2 Å². The van der Waals surface area contributed by atoms with Crippen molar-refractivity contribution in [3.63, 3.8) is 0 Å². The Balaban J connectivity index is 1.63. The van der Waals surface area contributed by atoms with Crippen LogP contribution in [0, 0.1) is 6.92 Å². The van der Waals surface area contributed by atoms with Gasteiger partial charge in [0.15, 0.2) is 11.5 Å². The van der Waals surface area contributed by atoms with Gasteiger partial charge in [-0.25, -0.2) is 4.98 Å². The molecule has 0 aliphatic carbocycles. The van der Waals surface area contributed by atoms with Crippen LogP contribution >= 0.6 is 11.3 Å². The monoisotopic (exact) mass is 415 g/mol. The molecule has 2 amide bonds. The standard InChI is InChI=1S/C20H21N3O5S/c1-12-18(19(25)22-11-17(24)21-10-14-5-4-8-28-14)29-20(23-12)13-6-7-15(26-2)16(9-13)27-3/h4-9H,10-11H2,1-3H3,(H,21,24)(H,22,25). The topological polar surface area (TPSA) is 103 Å². The molecule has 1 aromatic carbocycles. The molecule has 0 saturated heterocycles. The molecule has 0 fully saturated rings. The summed E-state index contributed by atoms with van der Waals surface area (Å²) in [5.41, 5.74) is 1.40. The molecule has 2 aromatic heterocycles. The third-order valence-electron chi connectivity index (χ3n) is 4.08. The zero-order chi connectivity index (χ0) is 20.8. The Morgan fingerprint density at radius 3 is 2.62 bits per heavy atom. The van der Waals surface area contributed by atoms with Gasteiger partial charge in [0, 0.05) is 5.56 Å². The van der Waals surface area contributed by atoms with Crippen LogP contribution in [0.3, 0.4) is 0 Å². The van der Waals surface area contributed by atoms with E-state index in [1.165, 1.54) is 17.6 Å². The fourth-order valence-corrected chi connectivity index (χ4v) is 3.58. The highest BCUT2D eigenvalue weighted by Crippen LogP contribution is 2.34. The summed E-state index contributed by atoms with van der Waals surface area (Å²) in [6.07, 6.45) is 1.53. The Bertz CT molecular complexity index is 998. The zero-order valence-corrected chi connectivity index (χ0v) is 17.1. The summed E-state index contributed by atoms with van der Waals surface area (Å²) in [6.45, 7) is 1.89. The molecule has 3 aromatic rings. The van der Waals surface area contributed by atoms with Crippen molar-refractivity contribution in [2.45, 2.75) is 13.5 Å². The SMILES string of the molecule is COc1ccc(-c2nc(C)c(C(=O)NCC(=O)NCc3ccco3)s2)cc1OC. The number of methoxy groups -OCH3 is 2. The van der Waals surface area contributed by atoms with Gasteiger partial charge < -0.3 is 24.5 Å². The molecular weight excluding hydrogens is 394 g/mol. The van der Waals surface area contributed by atoms with Gasteiger partial charge >= 0.3 is 0 Å². The number of carbonyl (C=O) groups is 2. The van der Waals surface area contributed by atoms with Crippen molar-refractivity contribution in [3.05, 3.63) is 52.9 Å². The second kappa shape index (κ2) is 9.24. The van der Waals surface area contributed by atoms with E-state index in [1.807, 2.05) is 6.07 Å². The molecule has 0 bridgehead atoms. The van der Waals surface area contributed by atoms with E-state index in [0.717, 1.165) is 5.56 Å². The van der Waals surface area contributed by atoms with Crippen LogP contribution in [0.5, 0.6) is 11.5 Å². The van der Waals surface area contributed by atoms with Gasteiger partial charge in [-0.2, -0.15) is 0 Å². The first-order chi connectivity index (χ1) is 14.0. The molecule has 2 heterocycles. The third-order valence-corrected chi connectivity index (χ3v) is 5.29. The minimum atomic E-state index is -0.347. The fourth-order valence-electron chi connectivity index (χ4n) is 2.60. The van der Waals surface area contributed by atoms with Crippen molar-refractivity contribution in [1.29, 1.82) is 0 Å². The van der Waals surface area contributed by atoms with Crippen molar-refractivity contribution in [2.24, 2.45) is 0 Å². The van der Waals surface area contributed by atoms with Crippen molar-refractivity contribution in [2.75, 3.05) is 20.8 Å². The molecule has 0 spiro atoms. The van der Waals surface area contributed by atoms with Crippen LogP contribution in [0.15, 0.2) is 41.0 Å². The second-order valence-corrected chi connectivity index (χ2v) is 7.04. The lowest BCUT2D eigenvalue weighted by Gasteiger charge is -2.08. The molecular formula is C20H21N3O5S. The number of furan rings is 1. The minimum absolute atomic E-state index is 0.136. The molecule has 9 heteroatoms. The number of thiazole rings is 1. The maximum Gasteiger partial charge on any atom is 0.263 e. The summed E-state index contributed by atoms with van der Waals surface area (Å²) in [5, 5.41) is 5.97. The van der Waals surface area contributed by atoms with Crippen LogP contribution in [-0.4, -0.2) is 37.6 Å². The normalized spacial score (nSPS) is 10.4. The summed E-state index contributed by atoms with van der Waals surface area (Å²) in [7, 11) is 3.13. The number of nitrogens with zero attached hydrogens (tertiary/aromatic N) is 1. The quantitative estimate of drug-likeness (QED) is 0.587. The van der Waals surface area contributed by atoms with Crippen molar-refractivity contribution in [1.82, 2.24) is 15.6 Å². The van der Waals surface area contributed by atoms with Crippen molar-refractivity contribution in [3.8, 4) is 22.1 Å². The summed E-state index contributed by atoms with van der Waals surface area (Å²) in [5.74, 6) is 1.18. The average Bonchev–Trinajstić information content (AvgIpc) is 3.39. The van der Waals surface area contributed by atoms with E-state index in [9.17, 15) is 9.59 Å². The Morgan fingerprint density at radius 2 is 1.93 bits per heavy atom. The maximum absolute atomic E-state index is 12.5. The van der Waals surface area contributed by atoms with Crippen LogP contribution in [-0.2, 0) is 11.3 Å². The Kier molecular flexibility index (Phi) is 6.50. The van der Waals surface area contributed by atoms with Gasteiger partial charge in [0.2, 0.25) is 5.91 Å². The molecule has 29 heavy (non-hydrogen) atoms. The lowest BCUT2D eigenvalue weighted by atomic mass is 10.2. The van der Waals surface area contributed by atoms with Gasteiger partial charge in [-0.05, 0) is 37.3 Å². The molecule has 0 aliphatic heterocycles. The predicted molar refractivity (Wildman–Crippen MR) is 108 cm³/mol. The fraction of sp³-hybridized carbons (Fsp3) is 0.250. The number of benzene rings is 1. The number of rotatable bonds is 8. The molecule has 0 atom stereocenters. The van der Waals surface area contributed by atoms with Crippen LogP contribution in [0.1, 0.15) is 21.1 Å². The van der Waals surface area contributed by atoms with E-state index in [4.69, 9.17) is 13.9 Å². The summed E-state index contributed by atoms with van der Waals surface area (Å²) in [4.78, 5) is 29.3. The third kappa shape index (κ3) is 4.94. The van der Waals surface area contributed by atoms with Crippen molar-refractivity contribution < 1.29 is 23.5 Å². The highest BCUT2D eigenvalue weighted by Gasteiger charge is 2.18. The van der Waals surface area contributed by atoms with Crippen LogP contribution in [0.2, 0.25) is 0 Å². The molecule has 0 saturated carbocycles. The van der Waals surface area contributed by atoms with Crippen LogP contribution in [0.4, 0.5) is 0 Å². The van der Waals surface area contributed by atoms with Crippen LogP contribution in [0.25, 0.3) is 10.6 Å². The summed E-state index contributed by atoms with van der Waals surface area (Å²) in [6, 6.07) is 8.94. The van der Waals surface area contributed by atoms with E-state index < -0.39 is 0 Å². The van der Waals surface area contributed by atoms with Gasteiger partial charge in [-0.15, -0.1) is 11.3 Å². The van der Waals surface area contributed by atoms with Gasteiger partial charge in [-0.3, -0.25) is 9.59 Å². The number of nitrogens with one attached hydrogen (secondary N) is 2. The molecule has 0 unspecified atom stereocenters. The smallest absolute Gasteiger partial charge is 0.263 e. The number of amides is 2. The number of aryl methyl sites for hydroxylation is 1. The summed E-state index contributed by atoms with van der Waals surface area (Å²) >= 11 is 1.25. The number of carbonyl (C=O) groups excluding carboxylic acids is 2. The van der Waals surface area contributed by atoms with Crippen LogP contribution < -0.4 is 20.1 Å². The van der Waals surface area contributed by atoms with Gasteiger partial charge in [-0.1, -0.05) is 0 Å². The van der Waals surface area contributed by atoms with E-state index >= 15 is 0 Å². The molecule has 2 N–H and O–H groups in total. The second-order valence-electron chi connectivity index (χ2n) is 6.04. The minimum Gasteiger partial charge on any atom is -0.493 e. The number of aromatic nitrogens is 1. The van der Waals surface area contributed by atoms with E-state index in [-0.39, 0.29) is 24.9 Å². The molecule has 152 valence electrons. The molecule has 0 radical (unpaired) electrons. The largest absolute Gasteiger partial charge is 0.493 e. The van der Waals surface area contributed by atoms with Gasteiger partial charge in [0.1, 0.15) is 15.6 Å². The number of hydrogen-bond acceptors (Lipinski definition) is 7. The maximum atomic E-state index is 12.5. The Morgan fingerprint density at radius 1 is 1.14 bits per heavy atom. The molecule has 8 nitrogen and oxygen atoms in total. The highest BCUT2D eigenvalue weighted by molar-refractivity contribution is 7.17. The molecule has 0 aliphatic rings. The van der Waals surface area contributed by atoms with E-state index in [1.54, 1.807) is 45.4 Å². The Labute approximate surface area is 171 Å². The first-order valence-electron chi connectivity index (χ1n) is 8.79. The highest BCUT2D eigenvalue weighted by atomic mass is 32.1.